The molecule has 0 aromatic carbocycles. The Hall–Kier alpha value is -2.21. The fourth-order valence-corrected chi connectivity index (χ4v) is 3.71. The molecule has 0 unspecified atom stereocenters. The molecule has 3 aromatic heterocycles. The normalized spacial score (nSPS) is 16.2. The topological polar surface area (TPSA) is 43.2 Å². The molecular formula is C19H23FN4O. The van der Waals surface area contributed by atoms with Gasteiger partial charge in [-0.15, -0.1) is 0 Å². The van der Waals surface area contributed by atoms with Crippen molar-refractivity contribution in [3.63, 3.8) is 0 Å². The van der Waals surface area contributed by atoms with Crippen LogP contribution in [0.25, 0.3) is 21.9 Å². The van der Waals surface area contributed by atoms with Crippen LogP contribution < -0.4 is 4.90 Å². The lowest BCUT2D eigenvalue weighted by Gasteiger charge is -2.32. The molecule has 132 valence electrons. The average Bonchev–Trinajstić information content (AvgIpc) is 2.95. The molecule has 3 aromatic rings. The summed E-state index contributed by atoms with van der Waals surface area (Å²) in [4.78, 5) is 11.5. The van der Waals surface area contributed by atoms with Gasteiger partial charge in [0, 0.05) is 49.9 Å². The molecule has 25 heavy (non-hydrogen) atoms. The first-order chi connectivity index (χ1) is 12.3. The first-order valence-corrected chi connectivity index (χ1v) is 8.85. The van der Waals surface area contributed by atoms with Gasteiger partial charge in [-0.05, 0) is 37.0 Å². The van der Waals surface area contributed by atoms with Crippen LogP contribution in [0.5, 0.6) is 0 Å². The van der Waals surface area contributed by atoms with E-state index in [-0.39, 0.29) is 6.61 Å². The highest BCUT2D eigenvalue weighted by Crippen LogP contribution is 2.29. The van der Waals surface area contributed by atoms with Gasteiger partial charge in [-0.2, -0.15) is 0 Å². The summed E-state index contributed by atoms with van der Waals surface area (Å²) in [5, 5.41) is 2.28. The highest BCUT2D eigenvalue weighted by Gasteiger charge is 2.21. The van der Waals surface area contributed by atoms with Crippen LogP contribution in [-0.4, -0.2) is 47.5 Å². The lowest BCUT2D eigenvalue weighted by molar-refractivity contribution is 0.0800. The molecule has 0 saturated carbocycles. The van der Waals surface area contributed by atoms with Crippen molar-refractivity contribution in [2.45, 2.75) is 12.8 Å². The molecule has 0 aliphatic carbocycles. The van der Waals surface area contributed by atoms with Crippen LogP contribution in [0.15, 0.2) is 30.6 Å². The molecule has 1 aliphatic rings. The minimum Gasteiger partial charge on any atom is -0.378 e. The first-order valence-electron chi connectivity index (χ1n) is 8.85. The van der Waals surface area contributed by atoms with E-state index in [1.807, 2.05) is 18.5 Å². The third-order valence-corrected chi connectivity index (χ3v) is 5.14. The van der Waals surface area contributed by atoms with Crippen molar-refractivity contribution in [3.05, 3.63) is 30.6 Å². The molecule has 0 atom stereocenters. The van der Waals surface area contributed by atoms with E-state index in [1.54, 1.807) is 0 Å². The Morgan fingerprint density at radius 2 is 2.04 bits per heavy atom. The van der Waals surface area contributed by atoms with Crippen LogP contribution in [-0.2, 0) is 11.8 Å². The van der Waals surface area contributed by atoms with Crippen LogP contribution in [0, 0.1) is 5.92 Å². The number of piperidine rings is 1. The summed E-state index contributed by atoms with van der Waals surface area (Å²) in [6.07, 6.45) is 5.84. The molecule has 4 rings (SSSR count). The van der Waals surface area contributed by atoms with Crippen molar-refractivity contribution in [2.24, 2.45) is 13.0 Å². The predicted octanol–water partition coefficient (Wildman–Crippen LogP) is 3.32. The second-order valence-electron chi connectivity index (χ2n) is 6.69. The van der Waals surface area contributed by atoms with E-state index in [4.69, 9.17) is 9.72 Å². The largest absolute Gasteiger partial charge is 0.378 e. The van der Waals surface area contributed by atoms with Crippen LogP contribution in [0.2, 0.25) is 0 Å². The maximum atomic E-state index is 12.1. The van der Waals surface area contributed by atoms with Crippen LogP contribution in [0.1, 0.15) is 12.8 Å². The summed E-state index contributed by atoms with van der Waals surface area (Å²) >= 11 is 0. The Labute approximate surface area is 146 Å². The Balaban J connectivity index is 1.53. The van der Waals surface area contributed by atoms with Crippen LogP contribution in [0.4, 0.5) is 10.2 Å². The van der Waals surface area contributed by atoms with Gasteiger partial charge in [-0.1, -0.05) is 0 Å². The quantitative estimate of drug-likeness (QED) is 0.667. The molecular weight excluding hydrogens is 319 g/mol. The molecule has 5 nitrogen and oxygen atoms in total. The molecule has 4 heterocycles. The number of aromatic nitrogens is 3. The van der Waals surface area contributed by atoms with Gasteiger partial charge in [0.1, 0.15) is 18.1 Å². The molecule has 0 amide bonds. The van der Waals surface area contributed by atoms with Gasteiger partial charge in [0.05, 0.1) is 12.1 Å². The van der Waals surface area contributed by atoms with Gasteiger partial charge < -0.3 is 14.2 Å². The standard InChI is InChI=1S/C19H23FN4O/c1-23-17-4-8-21-12-16(17)15-2-3-18(22-19(15)23)24-9-5-14(6-10-24)13-25-11-7-20/h2-4,8,12,14H,5-7,9-11,13H2,1H3. The highest BCUT2D eigenvalue weighted by molar-refractivity contribution is 6.06. The Morgan fingerprint density at radius 3 is 2.84 bits per heavy atom. The smallest absolute Gasteiger partial charge is 0.143 e. The Kier molecular flexibility index (Phi) is 4.53. The minimum absolute atomic E-state index is 0.217. The fourth-order valence-electron chi connectivity index (χ4n) is 3.71. The van der Waals surface area contributed by atoms with E-state index < -0.39 is 6.67 Å². The van der Waals surface area contributed by atoms with Crippen LogP contribution in [0.3, 0.4) is 0 Å². The molecule has 0 N–H and O–H groups in total. The summed E-state index contributed by atoms with van der Waals surface area (Å²) in [6, 6.07) is 6.28. The number of ether oxygens (including phenoxy) is 1. The summed E-state index contributed by atoms with van der Waals surface area (Å²) in [6.45, 7) is 2.42. The van der Waals surface area contributed by atoms with Crippen molar-refractivity contribution < 1.29 is 9.13 Å². The molecule has 1 saturated heterocycles. The first kappa shape index (κ1) is 16.3. The van der Waals surface area contributed by atoms with E-state index in [0.29, 0.717) is 12.5 Å². The van der Waals surface area contributed by atoms with E-state index >= 15 is 0 Å². The number of aryl methyl sites for hydroxylation is 1. The second kappa shape index (κ2) is 6.96. The second-order valence-corrected chi connectivity index (χ2v) is 6.69. The van der Waals surface area contributed by atoms with Gasteiger partial charge in [0.15, 0.2) is 0 Å². The molecule has 1 aliphatic heterocycles. The zero-order valence-electron chi connectivity index (χ0n) is 14.5. The number of rotatable bonds is 5. The summed E-state index contributed by atoms with van der Waals surface area (Å²) < 4.78 is 19.6. The van der Waals surface area contributed by atoms with Crippen molar-refractivity contribution in [1.29, 1.82) is 0 Å². The van der Waals surface area contributed by atoms with E-state index in [2.05, 4.69) is 33.6 Å². The zero-order chi connectivity index (χ0) is 17.2. The highest BCUT2D eigenvalue weighted by atomic mass is 19.1. The van der Waals surface area contributed by atoms with Gasteiger partial charge in [-0.3, -0.25) is 4.98 Å². The summed E-state index contributed by atoms with van der Waals surface area (Å²) in [7, 11) is 2.05. The number of anilines is 1. The zero-order valence-corrected chi connectivity index (χ0v) is 14.5. The number of halogens is 1. The van der Waals surface area contributed by atoms with Gasteiger partial charge in [0.25, 0.3) is 0 Å². The van der Waals surface area contributed by atoms with E-state index in [9.17, 15) is 4.39 Å². The van der Waals surface area contributed by atoms with Gasteiger partial charge >= 0.3 is 0 Å². The Bertz CT molecular complexity index is 870. The SMILES string of the molecule is Cn1c2ccncc2c2ccc(N3CCC(COCCF)CC3)nc21. The van der Waals surface area contributed by atoms with Gasteiger partial charge in [-0.25, -0.2) is 9.37 Å². The number of nitrogens with zero attached hydrogens (tertiary/aromatic N) is 4. The lowest BCUT2D eigenvalue weighted by atomic mass is 9.98. The third-order valence-electron chi connectivity index (χ3n) is 5.14. The molecule has 6 heteroatoms. The number of alkyl halides is 1. The summed E-state index contributed by atoms with van der Waals surface area (Å²) in [5.41, 5.74) is 2.15. The number of pyridine rings is 2. The maximum Gasteiger partial charge on any atom is 0.143 e. The lowest BCUT2D eigenvalue weighted by Crippen LogP contribution is -2.35. The summed E-state index contributed by atoms with van der Waals surface area (Å²) in [5.74, 6) is 1.55. The number of hydrogen-bond donors (Lipinski definition) is 0. The predicted molar refractivity (Wildman–Crippen MR) is 97.7 cm³/mol. The van der Waals surface area contributed by atoms with Crippen molar-refractivity contribution in [1.82, 2.24) is 14.5 Å². The molecule has 1 fully saturated rings. The minimum atomic E-state index is -0.399. The van der Waals surface area contributed by atoms with Crippen molar-refractivity contribution in [2.75, 3.05) is 37.9 Å². The maximum absolute atomic E-state index is 12.1. The fraction of sp³-hybridized carbons (Fsp3) is 0.474. The monoisotopic (exact) mass is 342 g/mol. The molecule has 0 radical (unpaired) electrons. The average molecular weight is 342 g/mol. The van der Waals surface area contributed by atoms with Crippen molar-refractivity contribution >= 4 is 27.8 Å². The number of hydrogen-bond acceptors (Lipinski definition) is 4. The van der Waals surface area contributed by atoms with Crippen molar-refractivity contribution in [3.8, 4) is 0 Å². The third kappa shape index (κ3) is 3.06. The molecule has 0 spiro atoms. The van der Waals surface area contributed by atoms with E-state index in [0.717, 1.165) is 53.7 Å². The number of fused-ring (bicyclic) bond motifs is 3. The van der Waals surface area contributed by atoms with E-state index in [1.165, 1.54) is 0 Å². The molecule has 0 bridgehead atoms. The van der Waals surface area contributed by atoms with Crippen LogP contribution >= 0.6 is 0 Å². The Morgan fingerprint density at radius 1 is 1.20 bits per heavy atom. The van der Waals surface area contributed by atoms with Gasteiger partial charge in [0.2, 0.25) is 0 Å².